The molecule has 0 saturated carbocycles. The summed E-state index contributed by atoms with van der Waals surface area (Å²) in [5, 5.41) is 0. The largest absolute Gasteiger partial charge is 0.307 e. The summed E-state index contributed by atoms with van der Waals surface area (Å²) in [4.78, 5) is 26.1. The lowest BCUT2D eigenvalue weighted by atomic mass is 9.91. The fourth-order valence-corrected chi connectivity index (χ4v) is 4.15. The molecule has 1 N–H and O–H groups in total. The number of aromatic nitrogens is 3. The lowest BCUT2D eigenvalue weighted by Crippen LogP contribution is -2.35. The van der Waals surface area contributed by atoms with Gasteiger partial charge in [0.15, 0.2) is 0 Å². The van der Waals surface area contributed by atoms with Gasteiger partial charge in [-0.25, -0.2) is 4.98 Å². The van der Waals surface area contributed by atoms with E-state index in [1.54, 1.807) is 0 Å². The molecule has 144 valence electrons. The van der Waals surface area contributed by atoms with E-state index < -0.39 is 0 Å². The smallest absolute Gasteiger partial charge is 0.251 e. The first-order valence-electron chi connectivity index (χ1n) is 9.95. The summed E-state index contributed by atoms with van der Waals surface area (Å²) in [5.41, 5.74) is 4.17. The molecule has 1 aromatic carbocycles. The normalized spacial score (nSPS) is 17.5. The van der Waals surface area contributed by atoms with E-state index in [0.29, 0.717) is 11.7 Å². The van der Waals surface area contributed by atoms with Gasteiger partial charge in [0.2, 0.25) is 0 Å². The van der Waals surface area contributed by atoms with Crippen LogP contribution in [0.3, 0.4) is 0 Å². The molecule has 3 heterocycles. The molecule has 28 heavy (non-hydrogen) atoms. The van der Waals surface area contributed by atoms with Crippen LogP contribution >= 0.6 is 0 Å². The van der Waals surface area contributed by atoms with Crippen molar-refractivity contribution in [1.82, 2.24) is 19.9 Å². The van der Waals surface area contributed by atoms with Crippen molar-refractivity contribution in [3.63, 3.8) is 0 Å². The monoisotopic (exact) mass is 374 g/mol. The molecule has 5 heteroatoms. The van der Waals surface area contributed by atoms with Gasteiger partial charge in [-0.3, -0.25) is 14.7 Å². The number of aromatic amines is 1. The molecular formula is C23H26N4O. The number of likely N-dealkylation sites (tertiary alicyclic amines) is 1. The molecule has 0 radical (unpaired) electrons. The van der Waals surface area contributed by atoms with Crippen LogP contribution in [0.4, 0.5) is 0 Å². The standard InChI is InChI=1S/C23H26N4O/c1-17-12-22(28)26-23(25-17)21-9-3-2-8-20(21)16-27-11-5-7-19(15-27)13-18-6-4-10-24-14-18/h2-4,6,8-10,12,14,19H,5,7,11,13,15-16H2,1H3,(H,25,26,28). The second-order valence-electron chi connectivity index (χ2n) is 7.70. The van der Waals surface area contributed by atoms with E-state index in [0.717, 1.165) is 37.3 Å². The molecule has 5 nitrogen and oxygen atoms in total. The van der Waals surface area contributed by atoms with Crippen molar-refractivity contribution in [1.29, 1.82) is 0 Å². The van der Waals surface area contributed by atoms with Crippen molar-refractivity contribution in [2.75, 3.05) is 13.1 Å². The average Bonchev–Trinajstić information content (AvgIpc) is 2.69. The minimum Gasteiger partial charge on any atom is -0.307 e. The summed E-state index contributed by atoms with van der Waals surface area (Å²) >= 11 is 0. The van der Waals surface area contributed by atoms with Gasteiger partial charge in [0, 0.05) is 42.8 Å². The Morgan fingerprint density at radius 2 is 2.11 bits per heavy atom. The van der Waals surface area contributed by atoms with Crippen LogP contribution in [0.25, 0.3) is 11.4 Å². The third kappa shape index (κ3) is 4.54. The van der Waals surface area contributed by atoms with Gasteiger partial charge in [-0.1, -0.05) is 30.3 Å². The second kappa shape index (κ2) is 8.48. The maximum absolute atomic E-state index is 11.9. The maximum atomic E-state index is 11.9. The summed E-state index contributed by atoms with van der Waals surface area (Å²) in [5.74, 6) is 1.31. The van der Waals surface area contributed by atoms with Crippen molar-refractivity contribution in [3.8, 4) is 11.4 Å². The third-order valence-corrected chi connectivity index (χ3v) is 5.39. The molecule has 1 aliphatic rings. The number of benzene rings is 1. The number of piperidine rings is 1. The van der Waals surface area contributed by atoms with Gasteiger partial charge in [0.25, 0.3) is 5.56 Å². The van der Waals surface area contributed by atoms with Gasteiger partial charge in [-0.2, -0.15) is 0 Å². The topological polar surface area (TPSA) is 61.9 Å². The molecule has 1 aliphatic heterocycles. The van der Waals surface area contributed by atoms with E-state index in [2.05, 4.69) is 38.1 Å². The quantitative estimate of drug-likeness (QED) is 0.741. The number of nitrogens with zero attached hydrogens (tertiary/aromatic N) is 3. The molecule has 4 rings (SSSR count). The number of pyridine rings is 1. The highest BCUT2D eigenvalue weighted by atomic mass is 16.1. The Hall–Kier alpha value is -2.79. The zero-order valence-electron chi connectivity index (χ0n) is 16.3. The molecule has 3 aromatic rings. The summed E-state index contributed by atoms with van der Waals surface area (Å²) in [7, 11) is 0. The third-order valence-electron chi connectivity index (χ3n) is 5.39. The number of hydrogen-bond acceptors (Lipinski definition) is 4. The van der Waals surface area contributed by atoms with E-state index in [4.69, 9.17) is 0 Å². The minimum atomic E-state index is -0.105. The van der Waals surface area contributed by atoms with Crippen molar-refractivity contribution >= 4 is 0 Å². The van der Waals surface area contributed by atoms with Crippen molar-refractivity contribution in [3.05, 3.63) is 82.0 Å². The average molecular weight is 374 g/mol. The molecule has 1 atom stereocenters. The van der Waals surface area contributed by atoms with Crippen LogP contribution in [0.1, 0.15) is 29.7 Å². The summed E-state index contributed by atoms with van der Waals surface area (Å²) in [6.45, 7) is 4.92. The molecule has 0 bridgehead atoms. The number of H-pyrrole nitrogens is 1. The molecule has 1 saturated heterocycles. The molecule has 2 aromatic heterocycles. The van der Waals surface area contributed by atoms with Gasteiger partial charge in [-0.15, -0.1) is 0 Å². The summed E-state index contributed by atoms with van der Waals surface area (Å²) in [6.07, 6.45) is 7.37. The van der Waals surface area contributed by atoms with Crippen LogP contribution in [-0.4, -0.2) is 32.9 Å². The van der Waals surface area contributed by atoms with Gasteiger partial charge in [0.1, 0.15) is 5.82 Å². The number of rotatable bonds is 5. The van der Waals surface area contributed by atoms with Gasteiger partial charge < -0.3 is 4.98 Å². The zero-order chi connectivity index (χ0) is 19.3. The lowest BCUT2D eigenvalue weighted by Gasteiger charge is -2.33. The molecule has 0 amide bonds. The first-order valence-corrected chi connectivity index (χ1v) is 9.95. The molecule has 0 aliphatic carbocycles. The van der Waals surface area contributed by atoms with Crippen LogP contribution in [0.5, 0.6) is 0 Å². The van der Waals surface area contributed by atoms with E-state index in [1.807, 2.05) is 37.5 Å². The van der Waals surface area contributed by atoms with Crippen molar-refractivity contribution in [2.45, 2.75) is 32.7 Å². The number of hydrogen-bond donors (Lipinski definition) is 1. The van der Waals surface area contributed by atoms with Gasteiger partial charge >= 0.3 is 0 Å². The highest BCUT2D eigenvalue weighted by Crippen LogP contribution is 2.25. The molecule has 0 spiro atoms. The first kappa shape index (κ1) is 18.6. The Bertz CT molecular complexity index is 983. The fourth-order valence-electron chi connectivity index (χ4n) is 4.15. The van der Waals surface area contributed by atoms with Crippen LogP contribution < -0.4 is 5.56 Å². The van der Waals surface area contributed by atoms with Gasteiger partial charge in [-0.05, 0) is 55.8 Å². The van der Waals surface area contributed by atoms with Gasteiger partial charge in [0.05, 0.1) is 0 Å². The fraction of sp³-hybridized carbons (Fsp3) is 0.348. The Morgan fingerprint density at radius 1 is 1.21 bits per heavy atom. The Labute approximate surface area is 165 Å². The molecular weight excluding hydrogens is 348 g/mol. The Balaban J connectivity index is 1.50. The highest BCUT2D eigenvalue weighted by Gasteiger charge is 2.21. The summed E-state index contributed by atoms with van der Waals surface area (Å²) in [6, 6.07) is 14.0. The van der Waals surface area contributed by atoms with Crippen LogP contribution in [-0.2, 0) is 13.0 Å². The number of aryl methyl sites for hydroxylation is 1. The predicted molar refractivity (Wildman–Crippen MR) is 111 cm³/mol. The number of nitrogens with one attached hydrogen (secondary N) is 1. The zero-order valence-corrected chi connectivity index (χ0v) is 16.3. The van der Waals surface area contributed by atoms with E-state index in [9.17, 15) is 4.79 Å². The second-order valence-corrected chi connectivity index (χ2v) is 7.70. The van der Waals surface area contributed by atoms with E-state index in [1.165, 1.54) is 30.0 Å². The lowest BCUT2D eigenvalue weighted by molar-refractivity contribution is 0.167. The minimum absolute atomic E-state index is 0.105. The summed E-state index contributed by atoms with van der Waals surface area (Å²) < 4.78 is 0. The van der Waals surface area contributed by atoms with Crippen molar-refractivity contribution in [2.24, 2.45) is 5.92 Å². The van der Waals surface area contributed by atoms with E-state index in [-0.39, 0.29) is 5.56 Å². The first-order chi connectivity index (χ1) is 13.7. The Morgan fingerprint density at radius 3 is 2.93 bits per heavy atom. The van der Waals surface area contributed by atoms with Crippen LogP contribution in [0, 0.1) is 12.8 Å². The SMILES string of the molecule is Cc1cc(=O)[nH]c(-c2ccccc2CN2CCCC(Cc3cccnc3)C2)n1. The molecule has 1 unspecified atom stereocenters. The van der Waals surface area contributed by atoms with E-state index >= 15 is 0 Å². The van der Waals surface area contributed by atoms with Crippen LogP contribution in [0.2, 0.25) is 0 Å². The highest BCUT2D eigenvalue weighted by molar-refractivity contribution is 5.60. The molecule has 1 fully saturated rings. The predicted octanol–water partition coefficient (Wildman–Crippen LogP) is 3.60. The van der Waals surface area contributed by atoms with Crippen molar-refractivity contribution < 1.29 is 0 Å². The van der Waals surface area contributed by atoms with Crippen LogP contribution in [0.15, 0.2) is 59.7 Å². The Kier molecular flexibility index (Phi) is 5.63. The maximum Gasteiger partial charge on any atom is 0.251 e.